The fourth-order valence-electron chi connectivity index (χ4n) is 2.01. The van der Waals surface area contributed by atoms with Crippen LogP contribution in [0.5, 0.6) is 0 Å². The number of benzene rings is 1. The average Bonchev–Trinajstić information content (AvgIpc) is 2.61. The lowest BCUT2D eigenvalue weighted by atomic mass is 10.2. The third kappa shape index (κ3) is 1.04. The van der Waals surface area contributed by atoms with E-state index < -0.39 is 0 Å². The molecule has 0 bridgehead atoms. The molecule has 1 aromatic carbocycles. The molecule has 2 heterocycles. The Morgan fingerprint density at radius 1 is 1.07 bits per heavy atom. The molecule has 0 radical (unpaired) electrons. The third-order valence-electron chi connectivity index (χ3n) is 2.69. The third-order valence-corrected chi connectivity index (χ3v) is 2.69. The number of para-hydroxylation sites is 2. The Bertz CT molecular complexity index is 457. The largest absolute Gasteiger partial charge is 0.383 e. The van der Waals surface area contributed by atoms with Gasteiger partial charge in [-0.15, -0.1) is 0 Å². The summed E-state index contributed by atoms with van der Waals surface area (Å²) in [4.78, 5) is 0. The van der Waals surface area contributed by atoms with E-state index in [0.29, 0.717) is 0 Å². The standard InChI is InChI=1S/C12H12N2/c1-2-6-12-11(5-1)13-8-7-10-4-3-9-14(10)12/h1-6,9,13H,7-8H2. The van der Waals surface area contributed by atoms with Crippen LogP contribution in [0.25, 0.3) is 5.69 Å². The summed E-state index contributed by atoms with van der Waals surface area (Å²) in [5.41, 5.74) is 3.86. The van der Waals surface area contributed by atoms with Gasteiger partial charge >= 0.3 is 0 Å². The first kappa shape index (κ1) is 7.68. The molecule has 0 aliphatic carbocycles. The highest BCUT2D eigenvalue weighted by Gasteiger charge is 2.10. The Morgan fingerprint density at radius 3 is 3.00 bits per heavy atom. The van der Waals surface area contributed by atoms with E-state index in [1.807, 2.05) is 0 Å². The summed E-state index contributed by atoms with van der Waals surface area (Å²) in [5, 5.41) is 3.44. The fraction of sp³-hybridized carbons (Fsp3) is 0.167. The van der Waals surface area contributed by atoms with Gasteiger partial charge in [-0.1, -0.05) is 12.1 Å². The van der Waals surface area contributed by atoms with Crippen LogP contribution in [0.2, 0.25) is 0 Å². The van der Waals surface area contributed by atoms with Gasteiger partial charge in [0.05, 0.1) is 11.4 Å². The van der Waals surface area contributed by atoms with Crippen LogP contribution in [0.15, 0.2) is 42.6 Å². The molecule has 0 fully saturated rings. The Morgan fingerprint density at radius 2 is 2.00 bits per heavy atom. The number of nitrogens with zero attached hydrogens (tertiary/aromatic N) is 1. The second-order valence-electron chi connectivity index (χ2n) is 3.56. The monoisotopic (exact) mass is 184 g/mol. The van der Waals surface area contributed by atoms with Gasteiger partial charge in [-0.2, -0.15) is 0 Å². The Labute approximate surface area is 83.2 Å². The van der Waals surface area contributed by atoms with Gasteiger partial charge in [0.25, 0.3) is 0 Å². The number of aromatic nitrogens is 1. The van der Waals surface area contributed by atoms with Gasteiger partial charge in [-0.05, 0) is 24.3 Å². The Hall–Kier alpha value is -1.70. The summed E-state index contributed by atoms with van der Waals surface area (Å²) < 4.78 is 2.26. The van der Waals surface area contributed by atoms with Crippen molar-refractivity contribution in [1.82, 2.24) is 4.57 Å². The fourth-order valence-corrected chi connectivity index (χ4v) is 2.01. The molecular formula is C12H12N2. The van der Waals surface area contributed by atoms with Crippen molar-refractivity contribution >= 4 is 5.69 Å². The highest BCUT2D eigenvalue weighted by Crippen LogP contribution is 2.24. The van der Waals surface area contributed by atoms with Crippen molar-refractivity contribution in [3.8, 4) is 5.69 Å². The molecule has 0 saturated heterocycles. The molecule has 1 aliphatic heterocycles. The first-order chi connectivity index (χ1) is 6.95. The zero-order valence-electron chi connectivity index (χ0n) is 7.90. The van der Waals surface area contributed by atoms with Crippen LogP contribution in [0.3, 0.4) is 0 Å². The maximum atomic E-state index is 3.44. The molecule has 3 rings (SSSR count). The van der Waals surface area contributed by atoms with E-state index in [2.05, 4.69) is 52.5 Å². The van der Waals surface area contributed by atoms with Crippen molar-refractivity contribution in [3.63, 3.8) is 0 Å². The molecule has 1 aliphatic rings. The zero-order valence-corrected chi connectivity index (χ0v) is 7.90. The van der Waals surface area contributed by atoms with Crippen molar-refractivity contribution in [1.29, 1.82) is 0 Å². The molecule has 2 nitrogen and oxygen atoms in total. The lowest BCUT2D eigenvalue weighted by molar-refractivity contribution is 0.930. The Balaban J connectivity index is 2.27. The summed E-state index contributed by atoms with van der Waals surface area (Å²) in [5.74, 6) is 0. The van der Waals surface area contributed by atoms with Gasteiger partial charge in [0, 0.05) is 24.9 Å². The van der Waals surface area contributed by atoms with Gasteiger partial charge in [0.1, 0.15) is 0 Å². The minimum atomic E-state index is 1.01. The number of hydrogen-bond donors (Lipinski definition) is 1. The number of hydrogen-bond acceptors (Lipinski definition) is 1. The first-order valence-electron chi connectivity index (χ1n) is 4.95. The van der Waals surface area contributed by atoms with Crippen molar-refractivity contribution in [2.24, 2.45) is 0 Å². The molecule has 1 N–H and O–H groups in total. The summed E-state index contributed by atoms with van der Waals surface area (Å²) in [6.45, 7) is 1.01. The summed E-state index contributed by atoms with van der Waals surface area (Å²) in [6.07, 6.45) is 3.21. The molecule has 2 heteroatoms. The minimum absolute atomic E-state index is 1.01. The quantitative estimate of drug-likeness (QED) is 0.665. The average molecular weight is 184 g/mol. The molecule has 0 atom stereocenters. The van der Waals surface area contributed by atoms with Crippen molar-refractivity contribution < 1.29 is 0 Å². The van der Waals surface area contributed by atoms with Crippen LogP contribution in [0, 0.1) is 0 Å². The molecular weight excluding hydrogens is 172 g/mol. The number of rotatable bonds is 0. The van der Waals surface area contributed by atoms with Crippen LogP contribution in [-0.4, -0.2) is 11.1 Å². The van der Waals surface area contributed by atoms with E-state index in [4.69, 9.17) is 0 Å². The van der Waals surface area contributed by atoms with Gasteiger partial charge in [-0.25, -0.2) is 0 Å². The molecule has 14 heavy (non-hydrogen) atoms. The lowest BCUT2D eigenvalue weighted by Crippen LogP contribution is -2.01. The molecule has 0 saturated carbocycles. The maximum Gasteiger partial charge on any atom is 0.0685 e. The van der Waals surface area contributed by atoms with Gasteiger partial charge in [0.2, 0.25) is 0 Å². The number of anilines is 1. The second-order valence-corrected chi connectivity index (χ2v) is 3.56. The second kappa shape index (κ2) is 2.91. The topological polar surface area (TPSA) is 17.0 Å². The lowest BCUT2D eigenvalue weighted by Gasteiger charge is -2.08. The van der Waals surface area contributed by atoms with Crippen molar-refractivity contribution in [2.75, 3.05) is 11.9 Å². The van der Waals surface area contributed by atoms with Crippen LogP contribution in [0.1, 0.15) is 5.69 Å². The number of fused-ring (bicyclic) bond motifs is 3. The molecule has 2 aromatic rings. The van der Waals surface area contributed by atoms with Crippen LogP contribution in [0.4, 0.5) is 5.69 Å². The van der Waals surface area contributed by atoms with Crippen LogP contribution < -0.4 is 5.32 Å². The van der Waals surface area contributed by atoms with E-state index in [1.54, 1.807) is 0 Å². The summed E-state index contributed by atoms with van der Waals surface area (Å²) in [6, 6.07) is 12.7. The minimum Gasteiger partial charge on any atom is -0.383 e. The smallest absolute Gasteiger partial charge is 0.0685 e. The molecule has 70 valence electrons. The molecule has 0 unspecified atom stereocenters. The van der Waals surface area contributed by atoms with Gasteiger partial charge < -0.3 is 9.88 Å². The van der Waals surface area contributed by atoms with Crippen molar-refractivity contribution in [2.45, 2.75) is 6.42 Å². The van der Waals surface area contributed by atoms with E-state index in [1.165, 1.54) is 17.1 Å². The van der Waals surface area contributed by atoms with Crippen LogP contribution in [-0.2, 0) is 6.42 Å². The van der Waals surface area contributed by atoms with E-state index >= 15 is 0 Å². The highest BCUT2D eigenvalue weighted by molar-refractivity contribution is 5.62. The SMILES string of the molecule is c1ccc2c(c1)NCCc1cccn1-2. The predicted molar refractivity (Wildman–Crippen MR) is 58.0 cm³/mol. The molecule has 0 spiro atoms. The van der Waals surface area contributed by atoms with E-state index in [0.717, 1.165) is 13.0 Å². The summed E-state index contributed by atoms with van der Waals surface area (Å²) in [7, 11) is 0. The Kier molecular flexibility index (Phi) is 1.60. The van der Waals surface area contributed by atoms with Crippen molar-refractivity contribution in [3.05, 3.63) is 48.3 Å². The normalized spacial score (nSPS) is 13.7. The summed E-state index contributed by atoms with van der Waals surface area (Å²) >= 11 is 0. The van der Waals surface area contributed by atoms with Crippen LogP contribution >= 0.6 is 0 Å². The predicted octanol–water partition coefficient (Wildman–Crippen LogP) is 2.45. The van der Waals surface area contributed by atoms with Gasteiger partial charge in [0.15, 0.2) is 0 Å². The number of nitrogens with one attached hydrogen (secondary N) is 1. The molecule has 1 aromatic heterocycles. The van der Waals surface area contributed by atoms with E-state index in [9.17, 15) is 0 Å². The molecule has 0 amide bonds. The highest BCUT2D eigenvalue weighted by atomic mass is 15.0. The van der Waals surface area contributed by atoms with E-state index in [-0.39, 0.29) is 0 Å². The first-order valence-corrected chi connectivity index (χ1v) is 4.95. The maximum absolute atomic E-state index is 3.44. The van der Waals surface area contributed by atoms with Gasteiger partial charge in [-0.3, -0.25) is 0 Å². The zero-order chi connectivity index (χ0) is 9.38.